The molecule has 0 amide bonds. The van der Waals surface area contributed by atoms with Crippen LogP contribution in [0.4, 0.5) is 0 Å². The van der Waals surface area contributed by atoms with E-state index in [1.54, 1.807) is 0 Å². The van der Waals surface area contributed by atoms with Crippen molar-refractivity contribution in [3.05, 3.63) is 35.9 Å². The molecule has 1 aromatic rings. The van der Waals surface area contributed by atoms with Gasteiger partial charge in [-0.15, -0.1) is 0 Å². The molecule has 1 spiro atoms. The third-order valence-corrected chi connectivity index (χ3v) is 5.24. The molecule has 108 valence electrons. The second-order valence-corrected chi connectivity index (χ2v) is 6.39. The van der Waals surface area contributed by atoms with Gasteiger partial charge in [-0.3, -0.25) is 9.69 Å². The van der Waals surface area contributed by atoms with E-state index in [2.05, 4.69) is 4.90 Å². The Kier molecular flexibility index (Phi) is 3.79. The van der Waals surface area contributed by atoms with Crippen molar-refractivity contribution in [3.63, 3.8) is 0 Å². The summed E-state index contributed by atoms with van der Waals surface area (Å²) in [5, 5.41) is 9.59. The lowest BCUT2D eigenvalue weighted by molar-refractivity contribution is -0.144. The van der Waals surface area contributed by atoms with Crippen LogP contribution in [0, 0.1) is 5.41 Å². The number of rotatable bonds is 3. The van der Waals surface area contributed by atoms with Gasteiger partial charge < -0.3 is 5.11 Å². The Hall–Kier alpha value is -1.35. The fourth-order valence-electron chi connectivity index (χ4n) is 4.03. The summed E-state index contributed by atoms with van der Waals surface area (Å²) in [5.74, 6) is -0.724. The second kappa shape index (κ2) is 5.57. The molecule has 2 aliphatic rings. The van der Waals surface area contributed by atoms with Crippen LogP contribution in [0.25, 0.3) is 0 Å². The summed E-state index contributed by atoms with van der Waals surface area (Å²) in [6.07, 6.45) is 7.77. The van der Waals surface area contributed by atoms with E-state index >= 15 is 0 Å². The number of benzene rings is 1. The van der Waals surface area contributed by atoms with E-state index in [-0.39, 0.29) is 0 Å². The quantitative estimate of drug-likeness (QED) is 0.916. The number of likely N-dealkylation sites (tertiary alicyclic amines) is 1. The molecule has 1 N–H and O–H groups in total. The summed E-state index contributed by atoms with van der Waals surface area (Å²) in [6.45, 7) is 1.84. The lowest BCUT2D eigenvalue weighted by atomic mass is 9.76. The molecule has 1 aliphatic heterocycles. The molecule has 2 fully saturated rings. The van der Waals surface area contributed by atoms with Crippen molar-refractivity contribution in [1.82, 2.24) is 4.90 Å². The predicted molar refractivity (Wildman–Crippen MR) is 78.5 cm³/mol. The average Bonchev–Trinajstić information content (AvgIpc) is 2.91. The van der Waals surface area contributed by atoms with Crippen molar-refractivity contribution in [1.29, 1.82) is 0 Å². The Balaban J connectivity index is 1.73. The Morgan fingerprint density at radius 2 is 1.65 bits per heavy atom. The number of carboxylic acids is 1. The molecule has 0 radical (unpaired) electrons. The van der Waals surface area contributed by atoms with E-state index in [1.165, 1.54) is 38.5 Å². The van der Waals surface area contributed by atoms with Gasteiger partial charge in [0.2, 0.25) is 0 Å². The molecule has 20 heavy (non-hydrogen) atoms. The van der Waals surface area contributed by atoms with Crippen molar-refractivity contribution in [2.75, 3.05) is 13.1 Å². The summed E-state index contributed by atoms with van der Waals surface area (Å²) in [4.78, 5) is 13.8. The first-order valence-corrected chi connectivity index (χ1v) is 7.72. The summed E-state index contributed by atoms with van der Waals surface area (Å²) >= 11 is 0. The van der Waals surface area contributed by atoms with Gasteiger partial charge in [-0.1, -0.05) is 43.2 Å². The monoisotopic (exact) mass is 273 g/mol. The molecule has 1 unspecified atom stereocenters. The zero-order valence-corrected chi connectivity index (χ0v) is 11.9. The molecule has 1 aromatic carbocycles. The predicted octanol–water partition coefficient (Wildman–Crippen LogP) is 3.47. The van der Waals surface area contributed by atoms with Crippen LogP contribution in [-0.2, 0) is 4.79 Å². The third-order valence-electron chi connectivity index (χ3n) is 5.24. The number of hydrogen-bond acceptors (Lipinski definition) is 2. The van der Waals surface area contributed by atoms with Gasteiger partial charge in [-0.25, -0.2) is 0 Å². The van der Waals surface area contributed by atoms with Gasteiger partial charge in [0, 0.05) is 0 Å². The van der Waals surface area contributed by atoms with Crippen LogP contribution < -0.4 is 0 Å². The number of nitrogens with zero attached hydrogens (tertiary/aromatic N) is 1. The Labute approximate surface area is 120 Å². The molecule has 3 heteroatoms. The fraction of sp³-hybridized carbons (Fsp3) is 0.588. The van der Waals surface area contributed by atoms with Crippen LogP contribution in [0.15, 0.2) is 30.3 Å². The summed E-state index contributed by atoms with van der Waals surface area (Å²) < 4.78 is 0. The van der Waals surface area contributed by atoms with Crippen molar-refractivity contribution in [2.45, 2.75) is 44.6 Å². The van der Waals surface area contributed by atoms with Gasteiger partial charge in [-0.05, 0) is 49.8 Å². The van der Waals surface area contributed by atoms with Gasteiger partial charge in [-0.2, -0.15) is 0 Å². The summed E-state index contributed by atoms with van der Waals surface area (Å²) in [6, 6.07) is 9.17. The number of carboxylic acid groups (broad SMARTS) is 1. The van der Waals surface area contributed by atoms with Crippen molar-refractivity contribution in [3.8, 4) is 0 Å². The standard InChI is InChI=1S/C17H23NO2/c19-16(20)15(14-6-2-1-3-7-14)18-12-10-17(11-13-18)8-4-5-9-17/h1-3,6-7,15H,4-5,8-13H2,(H,19,20). The molecule has 3 nitrogen and oxygen atoms in total. The van der Waals surface area contributed by atoms with E-state index in [9.17, 15) is 9.90 Å². The molecular weight excluding hydrogens is 250 g/mol. The van der Waals surface area contributed by atoms with Gasteiger partial charge in [0.25, 0.3) is 0 Å². The maximum Gasteiger partial charge on any atom is 0.325 e. The minimum atomic E-state index is -0.724. The highest BCUT2D eigenvalue weighted by Crippen LogP contribution is 2.47. The van der Waals surface area contributed by atoms with Gasteiger partial charge in [0.05, 0.1) is 0 Å². The van der Waals surface area contributed by atoms with Crippen LogP contribution in [0.5, 0.6) is 0 Å². The van der Waals surface area contributed by atoms with Gasteiger partial charge in [0.15, 0.2) is 0 Å². The lowest BCUT2D eigenvalue weighted by Crippen LogP contribution is -2.43. The topological polar surface area (TPSA) is 40.5 Å². The highest BCUT2D eigenvalue weighted by molar-refractivity contribution is 5.75. The molecule has 1 aliphatic carbocycles. The molecule has 0 bridgehead atoms. The molecule has 1 atom stereocenters. The third kappa shape index (κ3) is 2.59. The Bertz CT molecular complexity index is 455. The molecule has 1 saturated carbocycles. The molecule has 3 rings (SSSR count). The van der Waals surface area contributed by atoms with Crippen LogP contribution in [-0.4, -0.2) is 29.1 Å². The molecule has 0 aromatic heterocycles. The van der Waals surface area contributed by atoms with Crippen LogP contribution in [0.2, 0.25) is 0 Å². The summed E-state index contributed by atoms with van der Waals surface area (Å²) in [7, 11) is 0. The maximum absolute atomic E-state index is 11.7. The smallest absolute Gasteiger partial charge is 0.325 e. The number of hydrogen-bond donors (Lipinski definition) is 1. The zero-order valence-electron chi connectivity index (χ0n) is 11.9. The van der Waals surface area contributed by atoms with Gasteiger partial charge in [0.1, 0.15) is 6.04 Å². The zero-order chi connectivity index (χ0) is 14.0. The van der Waals surface area contributed by atoms with Gasteiger partial charge >= 0.3 is 5.97 Å². The highest BCUT2D eigenvalue weighted by Gasteiger charge is 2.39. The average molecular weight is 273 g/mol. The number of piperidine rings is 1. The van der Waals surface area contributed by atoms with E-state index in [4.69, 9.17) is 0 Å². The van der Waals surface area contributed by atoms with Crippen LogP contribution in [0.3, 0.4) is 0 Å². The Morgan fingerprint density at radius 1 is 1.05 bits per heavy atom. The normalized spacial score (nSPS) is 23.8. The van der Waals surface area contributed by atoms with E-state index < -0.39 is 12.0 Å². The van der Waals surface area contributed by atoms with Crippen molar-refractivity contribution >= 4 is 5.97 Å². The van der Waals surface area contributed by atoms with E-state index in [0.29, 0.717) is 5.41 Å². The first-order chi connectivity index (χ1) is 9.70. The fourth-order valence-corrected chi connectivity index (χ4v) is 4.03. The first-order valence-electron chi connectivity index (χ1n) is 7.72. The summed E-state index contributed by atoms with van der Waals surface area (Å²) in [5.41, 5.74) is 1.44. The maximum atomic E-state index is 11.7. The molecule has 1 saturated heterocycles. The Morgan fingerprint density at radius 3 is 2.20 bits per heavy atom. The number of aliphatic carboxylic acids is 1. The van der Waals surface area contributed by atoms with E-state index in [0.717, 1.165) is 18.7 Å². The lowest BCUT2D eigenvalue weighted by Gasteiger charge is -2.41. The highest BCUT2D eigenvalue weighted by atomic mass is 16.4. The minimum Gasteiger partial charge on any atom is -0.480 e. The number of carbonyl (C=O) groups is 1. The van der Waals surface area contributed by atoms with Crippen molar-refractivity contribution in [2.24, 2.45) is 5.41 Å². The van der Waals surface area contributed by atoms with E-state index in [1.807, 2.05) is 30.3 Å². The largest absolute Gasteiger partial charge is 0.480 e. The van der Waals surface area contributed by atoms with Crippen molar-refractivity contribution < 1.29 is 9.90 Å². The molecule has 1 heterocycles. The molecular formula is C17H23NO2. The first kappa shape index (κ1) is 13.6. The van der Waals surface area contributed by atoms with Crippen LogP contribution in [0.1, 0.15) is 50.1 Å². The SMILES string of the molecule is O=C(O)C(c1ccccc1)N1CCC2(CCCC2)CC1. The minimum absolute atomic E-state index is 0.477. The second-order valence-electron chi connectivity index (χ2n) is 6.39. The van der Waals surface area contributed by atoms with Crippen LogP contribution >= 0.6 is 0 Å².